The maximum Gasteiger partial charge on any atom is 0.410 e. The molecular weight excluding hydrogens is 406 g/mol. The Hall–Kier alpha value is -2.78. The fraction of sp³-hybridized carbons (Fsp3) is 0.381. The molecule has 3 aliphatic heterocycles. The molecule has 3 aliphatic rings. The van der Waals surface area contributed by atoms with Crippen LogP contribution in [0.3, 0.4) is 0 Å². The second-order valence-electron chi connectivity index (χ2n) is 7.47. The van der Waals surface area contributed by atoms with Gasteiger partial charge in [0.2, 0.25) is 5.91 Å². The van der Waals surface area contributed by atoms with Crippen molar-refractivity contribution < 1.29 is 18.7 Å². The van der Waals surface area contributed by atoms with E-state index in [0.29, 0.717) is 37.3 Å². The number of hydrogen-bond donors (Lipinski definition) is 2. The van der Waals surface area contributed by atoms with Crippen LogP contribution in [0.4, 0.5) is 4.79 Å². The van der Waals surface area contributed by atoms with Crippen molar-refractivity contribution in [3.05, 3.63) is 56.8 Å². The Morgan fingerprint density at radius 1 is 1.33 bits per heavy atom. The normalized spacial score (nSPS) is 25.7. The number of thioether (sulfide) groups is 1. The molecule has 4 heterocycles. The number of hydrogen-bond acceptors (Lipinski definition) is 7. The van der Waals surface area contributed by atoms with Gasteiger partial charge in [-0.3, -0.25) is 10.1 Å². The number of rotatable bonds is 2. The average molecular weight is 427 g/mol. The van der Waals surface area contributed by atoms with Crippen LogP contribution in [0.5, 0.6) is 0 Å². The molecule has 1 aromatic carbocycles. The largest absolute Gasteiger partial charge is 0.450 e. The van der Waals surface area contributed by atoms with Gasteiger partial charge in [-0.1, -0.05) is 18.2 Å². The lowest BCUT2D eigenvalue weighted by molar-refractivity contribution is -0.127. The maximum atomic E-state index is 13.0. The molecule has 0 aliphatic carbocycles. The molecule has 3 unspecified atom stereocenters. The molecule has 156 valence electrons. The van der Waals surface area contributed by atoms with Gasteiger partial charge in [-0.2, -0.15) is 0 Å². The monoisotopic (exact) mass is 427 g/mol. The first-order valence-electron chi connectivity index (χ1n) is 9.94. The fourth-order valence-corrected chi connectivity index (χ4v) is 5.82. The van der Waals surface area contributed by atoms with Gasteiger partial charge in [-0.05, 0) is 31.1 Å². The number of nitrogens with one attached hydrogen (secondary N) is 2. The Morgan fingerprint density at radius 2 is 2.17 bits per heavy atom. The summed E-state index contributed by atoms with van der Waals surface area (Å²) in [5.41, 5.74) is 1.48. The lowest BCUT2D eigenvalue weighted by atomic mass is 9.90. The molecule has 9 heteroatoms. The van der Waals surface area contributed by atoms with Gasteiger partial charge in [0.25, 0.3) is 0 Å². The standard InChI is InChI=1S/C21H21N3O5S/c1-2-28-21(27)24-8-7-12-15(10-24)30-19-16(12)18(25)22-17(23-19)13-9-11-5-3-4-6-14(11)29-20(13)26/h3-6,9,16-17,19,23H,2,7-8,10H2,1H3,(H,22,25). The van der Waals surface area contributed by atoms with Crippen LogP contribution in [-0.4, -0.2) is 42.0 Å². The summed E-state index contributed by atoms with van der Waals surface area (Å²) in [6.07, 6.45) is -0.321. The minimum absolute atomic E-state index is 0.113. The third-order valence-corrected chi connectivity index (χ3v) is 7.03. The zero-order valence-corrected chi connectivity index (χ0v) is 17.2. The van der Waals surface area contributed by atoms with E-state index in [1.54, 1.807) is 41.8 Å². The van der Waals surface area contributed by atoms with Crippen LogP contribution < -0.4 is 16.3 Å². The topological polar surface area (TPSA) is 101 Å². The van der Waals surface area contributed by atoms with Crippen LogP contribution in [0.1, 0.15) is 25.1 Å². The summed E-state index contributed by atoms with van der Waals surface area (Å²) < 4.78 is 10.5. The van der Waals surface area contributed by atoms with Crippen LogP contribution in [0.2, 0.25) is 0 Å². The predicted octanol–water partition coefficient (Wildman–Crippen LogP) is 2.32. The highest BCUT2D eigenvalue weighted by molar-refractivity contribution is 8.04. The third-order valence-electron chi connectivity index (χ3n) is 5.70. The van der Waals surface area contributed by atoms with Crippen LogP contribution in [-0.2, 0) is 9.53 Å². The summed E-state index contributed by atoms with van der Waals surface area (Å²) in [5.74, 6) is -0.420. The van der Waals surface area contributed by atoms with Crippen LogP contribution in [0.15, 0.2) is 50.0 Å². The number of nitrogens with zero attached hydrogens (tertiary/aromatic N) is 1. The van der Waals surface area contributed by atoms with Gasteiger partial charge in [0.05, 0.1) is 30.0 Å². The molecule has 5 rings (SSSR count). The van der Waals surface area contributed by atoms with Crippen molar-refractivity contribution in [2.45, 2.75) is 24.9 Å². The fourth-order valence-electron chi connectivity index (χ4n) is 4.28. The molecule has 0 saturated carbocycles. The van der Waals surface area contributed by atoms with Gasteiger partial charge in [0.1, 0.15) is 11.7 Å². The highest BCUT2D eigenvalue weighted by Crippen LogP contribution is 2.47. The van der Waals surface area contributed by atoms with Crippen molar-refractivity contribution in [1.82, 2.24) is 15.5 Å². The highest BCUT2D eigenvalue weighted by atomic mass is 32.2. The summed E-state index contributed by atoms with van der Waals surface area (Å²) in [6, 6.07) is 9.04. The molecule has 0 radical (unpaired) electrons. The van der Waals surface area contributed by atoms with E-state index in [1.807, 2.05) is 12.1 Å². The average Bonchev–Trinajstić information content (AvgIpc) is 3.11. The summed E-state index contributed by atoms with van der Waals surface area (Å²) in [7, 11) is 0. The third kappa shape index (κ3) is 3.18. The predicted molar refractivity (Wildman–Crippen MR) is 112 cm³/mol. The molecule has 30 heavy (non-hydrogen) atoms. The van der Waals surface area contributed by atoms with Crippen LogP contribution in [0, 0.1) is 5.92 Å². The van der Waals surface area contributed by atoms with E-state index in [-0.39, 0.29) is 23.3 Å². The lowest BCUT2D eigenvalue weighted by Crippen LogP contribution is -2.55. The van der Waals surface area contributed by atoms with Gasteiger partial charge in [-0.15, -0.1) is 11.8 Å². The summed E-state index contributed by atoms with van der Waals surface area (Å²) in [5, 5.41) is 6.93. The van der Waals surface area contributed by atoms with Crippen LogP contribution in [0.25, 0.3) is 11.0 Å². The molecule has 1 saturated heterocycles. The Morgan fingerprint density at radius 3 is 3.00 bits per heavy atom. The van der Waals surface area contributed by atoms with Crippen molar-refractivity contribution in [3.63, 3.8) is 0 Å². The Balaban J connectivity index is 1.38. The van der Waals surface area contributed by atoms with E-state index < -0.39 is 11.8 Å². The summed E-state index contributed by atoms with van der Waals surface area (Å²) in [6.45, 7) is 3.10. The van der Waals surface area contributed by atoms with E-state index in [1.165, 1.54) is 0 Å². The number of amides is 2. The molecule has 0 spiro atoms. The van der Waals surface area contributed by atoms with Crippen molar-refractivity contribution in [2.75, 3.05) is 19.7 Å². The van der Waals surface area contributed by atoms with Crippen LogP contribution >= 0.6 is 11.8 Å². The van der Waals surface area contributed by atoms with E-state index >= 15 is 0 Å². The number of para-hydroxylation sites is 1. The second kappa shape index (κ2) is 7.48. The number of ether oxygens (including phenoxy) is 1. The SMILES string of the molecule is CCOC(=O)N1CCC2=C(C1)SC1NC(c3cc4ccccc4oc3=O)NC(=O)C21. The zero-order valence-electron chi connectivity index (χ0n) is 16.3. The Kier molecular flexibility index (Phi) is 4.79. The maximum absolute atomic E-state index is 13.0. The number of fused-ring (bicyclic) bond motifs is 3. The van der Waals surface area contributed by atoms with Gasteiger partial charge in [0.15, 0.2) is 0 Å². The number of carbonyl (C=O) groups excluding carboxylic acids is 2. The van der Waals surface area contributed by atoms with Crippen molar-refractivity contribution in [2.24, 2.45) is 5.92 Å². The summed E-state index contributed by atoms with van der Waals surface area (Å²) in [4.78, 5) is 40.3. The van der Waals surface area contributed by atoms with Gasteiger partial charge in [0, 0.05) is 16.8 Å². The van der Waals surface area contributed by atoms with Gasteiger partial charge in [-0.25, -0.2) is 9.59 Å². The van der Waals surface area contributed by atoms with Gasteiger partial charge < -0.3 is 19.4 Å². The molecule has 2 aromatic rings. The first kappa shape index (κ1) is 19.2. The molecule has 2 N–H and O–H groups in total. The molecule has 1 aromatic heterocycles. The van der Waals surface area contributed by atoms with E-state index in [9.17, 15) is 14.4 Å². The molecule has 0 bridgehead atoms. The quantitative estimate of drug-likeness (QED) is 0.710. The van der Waals surface area contributed by atoms with Gasteiger partial charge >= 0.3 is 11.7 Å². The molecule has 2 amide bonds. The minimum Gasteiger partial charge on any atom is -0.450 e. The zero-order chi connectivity index (χ0) is 20.8. The highest BCUT2D eigenvalue weighted by Gasteiger charge is 2.47. The molecule has 3 atom stereocenters. The first-order valence-corrected chi connectivity index (χ1v) is 10.8. The van der Waals surface area contributed by atoms with E-state index in [2.05, 4.69) is 10.6 Å². The first-order chi connectivity index (χ1) is 14.5. The smallest absolute Gasteiger partial charge is 0.410 e. The number of benzene rings is 1. The molecule has 8 nitrogen and oxygen atoms in total. The van der Waals surface area contributed by atoms with E-state index in [4.69, 9.17) is 9.15 Å². The number of carbonyl (C=O) groups is 2. The summed E-state index contributed by atoms with van der Waals surface area (Å²) >= 11 is 1.56. The van der Waals surface area contributed by atoms with Crippen molar-refractivity contribution >= 4 is 34.7 Å². The van der Waals surface area contributed by atoms with Crippen molar-refractivity contribution in [3.8, 4) is 0 Å². The van der Waals surface area contributed by atoms with E-state index in [0.717, 1.165) is 15.9 Å². The Labute approximate surface area is 176 Å². The van der Waals surface area contributed by atoms with Crippen molar-refractivity contribution in [1.29, 1.82) is 0 Å². The second-order valence-corrected chi connectivity index (χ2v) is 8.71. The lowest BCUT2D eigenvalue weighted by Gasteiger charge is -2.34. The Bertz CT molecular complexity index is 1130. The minimum atomic E-state index is -0.630. The molecule has 1 fully saturated rings. The molecular formula is C21H21N3O5S.